The van der Waals surface area contributed by atoms with Crippen LogP contribution in [0.3, 0.4) is 0 Å². The Morgan fingerprint density at radius 1 is 1.17 bits per heavy atom. The molecule has 3 rings (SSSR count). The summed E-state index contributed by atoms with van der Waals surface area (Å²) in [5, 5.41) is 3.64. The van der Waals surface area contributed by atoms with Crippen LogP contribution in [0.2, 0.25) is 0 Å². The Morgan fingerprint density at radius 3 is 2.41 bits per heavy atom. The summed E-state index contributed by atoms with van der Waals surface area (Å²) in [5.41, 5.74) is 1.30. The van der Waals surface area contributed by atoms with Gasteiger partial charge < -0.3 is 29.5 Å². The minimum Gasteiger partial charge on any atom is -0.495 e. The molecule has 2 aliphatic heterocycles. The molecule has 0 amide bonds. The fourth-order valence-corrected chi connectivity index (χ4v) is 4.16. The van der Waals surface area contributed by atoms with Gasteiger partial charge in [-0.2, -0.15) is 0 Å². The number of halogens is 1. The molecule has 0 spiro atoms. The Kier molecular flexibility index (Phi) is 9.29. The average Bonchev–Trinajstić information content (AvgIpc) is 2.75. The number of nitrogens with one attached hydrogen (secondary N) is 1. The van der Waals surface area contributed by atoms with Crippen molar-refractivity contribution >= 4 is 35.6 Å². The van der Waals surface area contributed by atoms with Crippen LogP contribution in [0, 0.1) is 0 Å². The van der Waals surface area contributed by atoms with Crippen molar-refractivity contribution < 1.29 is 9.47 Å². The lowest BCUT2D eigenvalue weighted by molar-refractivity contribution is -0.00526. The van der Waals surface area contributed by atoms with Crippen LogP contribution in [0.1, 0.15) is 12.8 Å². The van der Waals surface area contributed by atoms with Crippen LogP contribution >= 0.6 is 24.0 Å². The summed E-state index contributed by atoms with van der Waals surface area (Å²) in [5.74, 6) is 1.93. The molecule has 0 atom stereocenters. The van der Waals surface area contributed by atoms with Gasteiger partial charge in [-0.3, -0.25) is 4.99 Å². The fraction of sp³-hybridized carbons (Fsp3) is 0.667. The van der Waals surface area contributed by atoms with Gasteiger partial charge >= 0.3 is 0 Å². The second kappa shape index (κ2) is 11.2. The van der Waals surface area contributed by atoms with Crippen molar-refractivity contribution in [2.75, 3.05) is 79.1 Å². The van der Waals surface area contributed by atoms with E-state index in [4.69, 9.17) is 9.47 Å². The number of anilines is 1. The van der Waals surface area contributed by atoms with Crippen molar-refractivity contribution in [1.29, 1.82) is 0 Å². The standard InChI is InChI=1S/C21H35N5O2.HI/c1-22-20(23-17-21(24(2)3)9-15-28-16-10-21)26-13-11-25(12-14-26)18-7-5-6-8-19(18)27-4;/h5-8H,9-17H2,1-4H3,(H,22,23);1H. The predicted octanol–water partition coefficient (Wildman–Crippen LogP) is 2.12. The van der Waals surface area contributed by atoms with Crippen LogP contribution in [0.15, 0.2) is 29.3 Å². The van der Waals surface area contributed by atoms with E-state index in [0.717, 1.165) is 70.5 Å². The lowest BCUT2D eigenvalue weighted by Gasteiger charge is -2.44. The van der Waals surface area contributed by atoms with Crippen LogP contribution in [0.25, 0.3) is 0 Å². The van der Waals surface area contributed by atoms with E-state index >= 15 is 0 Å². The zero-order valence-electron chi connectivity index (χ0n) is 18.2. The molecule has 1 N–H and O–H groups in total. The highest BCUT2D eigenvalue weighted by Gasteiger charge is 2.35. The number of benzene rings is 1. The lowest BCUT2D eigenvalue weighted by Crippen LogP contribution is -2.59. The smallest absolute Gasteiger partial charge is 0.193 e. The van der Waals surface area contributed by atoms with E-state index in [-0.39, 0.29) is 29.5 Å². The molecule has 0 bridgehead atoms. The molecular formula is C21H36IN5O2. The molecule has 2 aliphatic rings. The van der Waals surface area contributed by atoms with Gasteiger partial charge in [0.1, 0.15) is 5.75 Å². The van der Waals surface area contributed by atoms with E-state index in [9.17, 15) is 0 Å². The Hall–Kier alpha value is -1.26. The van der Waals surface area contributed by atoms with Crippen molar-refractivity contribution in [2.45, 2.75) is 18.4 Å². The van der Waals surface area contributed by atoms with Gasteiger partial charge in [0.05, 0.1) is 12.8 Å². The third kappa shape index (κ3) is 5.67. The Balaban J connectivity index is 0.00000300. The maximum atomic E-state index is 5.59. The summed E-state index contributed by atoms with van der Waals surface area (Å²) in [6.45, 7) is 6.34. The molecule has 2 heterocycles. The minimum atomic E-state index is 0. The van der Waals surface area contributed by atoms with Crippen molar-refractivity contribution in [3.63, 3.8) is 0 Å². The number of aliphatic imine (C=N–C) groups is 1. The van der Waals surface area contributed by atoms with Crippen LogP contribution in [0.4, 0.5) is 5.69 Å². The number of hydrogen-bond donors (Lipinski definition) is 1. The predicted molar refractivity (Wildman–Crippen MR) is 130 cm³/mol. The van der Waals surface area contributed by atoms with Crippen molar-refractivity contribution in [3.8, 4) is 5.75 Å². The highest BCUT2D eigenvalue weighted by molar-refractivity contribution is 14.0. The molecule has 164 valence electrons. The van der Waals surface area contributed by atoms with Gasteiger partial charge in [0.15, 0.2) is 5.96 Å². The number of likely N-dealkylation sites (N-methyl/N-ethyl adjacent to an activating group) is 1. The first-order valence-corrected chi connectivity index (χ1v) is 10.2. The van der Waals surface area contributed by atoms with E-state index in [0.29, 0.717) is 0 Å². The van der Waals surface area contributed by atoms with Crippen LogP contribution in [-0.2, 0) is 4.74 Å². The van der Waals surface area contributed by atoms with E-state index in [2.05, 4.69) is 51.2 Å². The van der Waals surface area contributed by atoms with Crippen molar-refractivity contribution in [3.05, 3.63) is 24.3 Å². The molecule has 2 saturated heterocycles. The summed E-state index contributed by atoms with van der Waals surface area (Å²) >= 11 is 0. The zero-order valence-corrected chi connectivity index (χ0v) is 20.5. The molecule has 29 heavy (non-hydrogen) atoms. The number of methoxy groups -OCH3 is 1. The number of nitrogens with zero attached hydrogens (tertiary/aromatic N) is 4. The number of hydrogen-bond acceptors (Lipinski definition) is 5. The first-order chi connectivity index (χ1) is 13.6. The fourth-order valence-electron chi connectivity index (χ4n) is 4.16. The largest absolute Gasteiger partial charge is 0.495 e. The van der Waals surface area contributed by atoms with Gasteiger partial charge in [0, 0.05) is 58.5 Å². The molecule has 1 aromatic carbocycles. The maximum absolute atomic E-state index is 5.59. The zero-order chi connectivity index (χ0) is 20.0. The molecule has 0 unspecified atom stereocenters. The molecule has 0 aromatic heterocycles. The number of piperazine rings is 1. The molecule has 0 radical (unpaired) electrons. The van der Waals surface area contributed by atoms with E-state index in [1.54, 1.807) is 7.11 Å². The summed E-state index contributed by atoms with van der Waals surface area (Å²) in [6.07, 6.45) is 2.09. The summed E-state index contributed by atoms with van der Waals surface area (Å²) in [6, 6.07) is 8.24. The SMILES string of the molecule is CN=C(NCC1(N(C)C)CCOCC1)N1CCN(c2ccccc2OC)CC1.I. The second-order valence-electron chi connectivity index (χ2n) is 7.78. The Labute approximate surface area is 192 Å². The van der Waals surface area contributed by atoms with Gasteiger partial charge in [-0.1, -0.05) is 12.1 Å². The third-order valence-corrected chi connectivity index (χ3v) is 6.16. The van der Waals surface area contributed by atoms with Gasteiger partial charge in [-0.15, -0.1) is 24.0 Å². The summed E-state index contributed by atoms with van der Waals surface area (Å²) < 4.78 is 11.1. The highest BCUT2D eigenvalue weighted by atomic mass is 127. The van der Waals surface area contributed by atoms with E-state index in [1.165, 1.54) is 5.69 Å². The first kappa shape index (κ1) is 24.0. The molecule has 1 aromatic rings. The topological polar surface area (TPSA) is 52.6 Å². The molecular weight excluding hydrogens is 481 g/mol. The van der Waals surface area contributed by atoms with Gasteiger partial charge in [0.25, 0.3) is 0 Å². The van der Waals surface area contributed by atoms with E-state index < -0.39 is 0 Å². The number of para-hydroxylation sites is 2. The third-order valence-electron chi connectivity index (χ3n) is 6.16. The van der Waals surface area contributed by atoms with Crippen molar-refractivity contribution in [2.24, 2.45) is 4.99 Å². The van der Waals surface area contributed by atoms with Crippen LogP contribution in [0.5, 0.6) is 5.75 Å². The minimum absolute atomic E-state index is 0. The van der Waals surface area contributed by atoms with Crippen LogP contribution < -0.4 is 15.0 Å². The average molecular weight is 517 g/mol. The quantitative estimate of drug-likeness (QED) is 0.367. The van der Waals surface area contributed by atoms with Gasteiger partial charge in [-0.05, 0) is 39.1 Å². The van der Waals surface area contributed by atoms with Crippen molar-refractivity contribution in [1.82, 2.24) is 15.1 Å². The molecule has 0 aliphatic carbocycles. The number of guanidine groups is 1. The highest BCUT2D eigenvalue weighted by Crippen LogP contribution is 2.28. The van der Waals surface area contributed by atoms with Gasteiger partial charge in [-0.25, -0.2) is 0 Å². The number of rotatable bonds is 5. The molecule has 0 saturated carbocycles. The summed E-state index contributed by atoms with van der Waals surface area (Å²) in [7, 11) is 7.95. The first-order valence-electron chi connectivity index (χ1n) is 10.2. The molecule has 2 fully saturated rings. The number of ether oxygens (including phenoxy) is 2. The molecule has 7 nitrogen and oxygen atoms in total. The van der Waals surface area contributed by atoms with Gasteiger partial charge in [0.2, 0.25) is 0 Å². The summed E-state index contributed by atoms with van der Waals surface area (Å²) in [4.78, 5) is 11.6. The normalized spacial score (nSPS) is 19.7. The van der Waals surface area contributed by atoms with Crippen LogP contribution in [-0.4, -0.2) is 95.5 Å². The lowest BCUT2D eigenvalue weighted by atomic mass is 9.88. The van der Waals surface area contributed by atoms with E-state index in [1.807, 2.05) is 19.2 Å². The second-order valence-corrected chi connectivity index (χ2v) is 7.78. The molecule has 8 heteroatoms. The Morgan fingerprint density at radius 2 is 1.83 bits per heavy atom. The maximum Gasteiger partial charge on any atom is 0.193 e. The Bertz CT molecular complexity index is 656. The monoisotopic (exact) mass is 517 g/mol.